The lowest BCUT2D eigenvalue weighted by molar-refractivity contribution is -0.150. The van der Waals surface area contributed by atoms with Gasteiger partial charge < -0.3 is 15.3 Å². The molecule has 1 aliphatic heterocycles. The van der Waals surface area contributed by atoms with E-state index < -0.39 is 16.9 Å². The van der Waals surface area contributed by atoms with Crippen molar-refractivity contribution in [1.29, 1.82) is 0 Å². The molecule has 2 amide bonds. The summed E-state index contributed by atoms with van der Waals surface area (Å²) in [5.74, 6) is -0.911. The summed E-state index contributed by atoms with van der Waals surface area (Å²) in [7, 11) is 0. The maximum atomic E-state index is 12.3. The lowest BCUT2D eigenvalue weighted by Gasteiger charge is -2.40. The summed E-state index contributed by atoms with van der Waals surface area (Å²) in [5.41, 5.74) is -1.83. The van der Waals surface area contributed by atoms with E-state index in [2.05, 4.69) is 12.2 Å². The highest BCUT2D eigenvalue weighted by molar-refractivity contribution is 5.80. The molecule has 0 radical (unpaired) electrons. The van der Waals surface area contributed by atoms with Gasteiger partial charge in [0.15, 0.2) is 0 Å². The molecule has 0 aromatic heterocycles. The minimum absolute atomic E-state index is 0.149. The molecule has 2 N–H and O–H groups in total. The fraction of sp³-hybridized carbons (Fsp3) is 0.857. The lowest BCUT2D eigenvalue weighted by atomic mass is 9.74. The lowest BCUT2D eigenvalue weighted by Crippen LogP contribution is -2.60. The molecule has 1 atom stereocenters. The van der Waals surface area contributed by atoms with Crippen LogP contribution in [0.1, 0.15) is 53.9 Å². The van der Waals surface area contributed by atoms with Gasteiger partial charge in [-0.2, -0.15) is 0 Å². The van der Waals surface area contributed by atoms with E-state index in [1.165, 1.54) is 0 Å². The molecule has 110 valence electrons. The first-order valence-electron chi connectivity index (χ1n) is 6.95. The van der Waals surface area contributed by atoms with Crippen LogP contribution in [0.25, 0.3) is 0 Å². The summed E-state index contributed by atoms with van der Waals surface area (Å²) in [4.78, 5) is 25.5. The number of likely N-dealkylation sites (tertiary alicyclic amines) is 1. The third-order valence-corrected chi connectivity index (χ3v) is 4.63. The molecular formula is C14H26N2O3. The van der Waals surface area contributed by atoms with Crippen LogP contribution in [0, 0.1) is 5.41 Å². The Morgan fingerprint density at radius 3 is 2.37 bits per heavy atom. The number of nitrogens with one attached hydrogen (secondary N) is 1. The van der Waals surface area contributed by atoms with Gasteiger partial charge >= 0.3 is 12.0 Å². The molecule has 5 heteroatoms. The summed E-state index contributed by atoms with van der Waals surface area (Å²) in [6.45, 7) is 9.62. The Morgan fingerprint density at radius 1 is 1.32 bits per heavy atom. The highest BCUT2D eigenvalue weighted by Gasteiger charge is 2.45. The average Bonchev–Trinajstić information content (AvgIpc) is 2.75. The number of amides is 2. The van der Waals surface area contributed by atoms with Gasteiger partial charge in [0.05, 0.1) is 11.0 Å². The van der Waals surface area contributed by atoms with Crippen molar-refractivity contribution >= 4 is 12.0 Å². The van der Waals surface area contributed by atoms with Crippen LogP contribution in [-0.4, -0.2) is 40.1 Å². The van der Waals surface area contributed by atoms with E-state index >= 15 is 0 Å². The molecular weight excluding hydrogens is 244 g/mol. The van der Waals surface area contributed by atoms with Crippen LogP contribution in [-0.2, 0) is 4.79 Å². The van der Waals surface area contributed by atoms with Crippen molar-refractivity contribution in [2.75, 3.05) is 6.54 Å². The van der Waals surface area contributed by atoms with Crippen molar-refractivity contribution in [3.8, 4) is 0 Å². The maximum absolute atomic E-state index is 12.3. The molecule has 1 fully saturated rings. The summed E-state index contributed by atoms with van der Waals surface area (Å²) in [5, 5.41) is 12.2. The number of aliphatic carboxylic acids is 1. The van der Waals surface area contributed by atoms with Crippen molar-refractivity contribution in [1.82, 2.24) is 10.2 Å². The van der Waals surface area contributed by atoms with Crippen LogP contribution >= 0.6 is 0 Å². The number of hydrogen-bond acceptors (Lipinski definition) is 2. The first-order valence-corrected chi connectivity index (χ1v) is 6.95. The third-order valence-electron chi connectivity index (χ3n) is 4.63. The van der Waals surface area contributed by atoms with Crippen molar-refractivity contribution in [3.63, 3.8) is 0 Å². The molecule has 0 bridgehead atoms. The van der Waals surface area contributed by atoms with Crippen LogP contribution in [0.2, 0.25) is 0 Å². The van der Waals surface area contributed by atoms with Crippen LogP contribution in [0.4, 0.5) is 4.79 Å². The summed E-state index contributed by atoms with van der Waals surface area (Å²) in [6, 6.07) is 0.132. The zero-order chi connectivity index (χ0) is 14.8. The zero-order valence-corrected chi connectivity index (χ0v) is 12.6. The Balaban J connectivity index is 2.78. The van der Waals surface area contributed by atoms with Crippen molar-refractivity contribution in [3.05, 3.63) is 0 Å². The Kier molecular flexibility index (Phi) is 4.48. The monoisotopic (exact) mass is 270 g/mol. The van der Waals surface area contributed by atoms with Gasteiger partial charge in [-0.1, -0.05) is 6.92 Å². The molecule has 5 nitrogen and oxygen atoms in total. The second-order valence-electron chi connectivity index (χ2n) is 6.38. The smallest absolute Gasteiger partial charge is 0.318 e. The molecule has 1 unspecified atom stereocenters. The van der Waals surface area contributed by atoms with E-state index in [0.717, 1.165) is 25.8 Å². The molecule has 1 heterocycles. The zero-order valence-electron chi connectivity index (χ0n) is 12.6. The largest absolute Gasteiger partial charge is 0.481 e. The van der Waals surface area contributed by atoms with E-state index in [0.29, 0.717) is 0 Å². The van der Waals surface area contributed by atoms with E-state index in [1.54, 1.807) is 27.7 Å². The second kappa shape index (κ2) is 5.39. The number of nitrogens with zero attached hydrogens (tertiary/aromatic N) is 1. The molecule has 0 aliphatic carbocycles. The van der Waals surface area contributed by atoms with Gasteiger partial charge in [-0.3, -0.25) is 4.79 Å². The number of hydrogen-bond donors (Lipinski definition) is 2. The quantitative estimate of drug-likeness (QED) is 0.824. The SMILES string of the molecule is CCC1CCCN1C(=O)NC(C)(C)C(C)(C)C(=O)O. The molecule has 1 saturated heterocycles. The number of carboxylic acids is 1. The van der Waals surface area contributed by atoms with E-state index in [9.17, 15) is 14.7 Å². The van der Waals surface area contributed by atoms with Gasteiger partial charge in [-0.15, -0.1) is 0 Å². The predicted molar refractivity (Wildman–Crippen MR) is 74.0 cm³/mol. The van der Waals surface area contributed by atoms with E-state index in [4.69, 9.17) is 0 Å². The van der Waals surface area contributed by atoms with E-state index in [1.807, 2.05) is 4.90 Å². The number of carbonyl (C=O) groups is 2. The summed E-state index contributed by atoms with van der Waals surface area (Å²) in [6.07, 6.45) is 3.00. The molecule has 19 heavy (non-hydrogen) atoms. The van der Waals surface area contributed by atoms with Crippen LogP contribution in [0.5, 0.6) is 0 Å². The Hall–Kier alpha value is -1.26. The molecule has 1 aliphatic rings. The number of carboxylic acid groups (broad SMARTS) is 1. The number of carbonyl (C=O) groups excluding carboxylic acids is 1. The second-order valence-corrected chi connectivity index (χ2v) is 6.38. The fourth-order valence-electron chi connectivity index (χ4n) is 2.29. The van der Waals surface area contributed by atoms with Gasteiger partial charge in [-0.05, 0) is 47.0 Å². The summed E-state index contributed by atoms with van der Waals surface area (Å²) < 4.78 is 0. The van der Waals surface area contributed by atoms with Crippen molar-refractivity contribution in [2.45, 2.75) is 65.5 Å². The molecule has 0 saturated carbocycles. The molecule has 1 rings (SSSR count). The first kappa shape index (κ1) is 15.8. The van der Waals surface area contributed by atoms with Crippen LogP contribution in [0.3, 0.4) is 0 Å². The number of rotatable bonds is 4. The van der Waals surface area contributed by atoms with Crippen molar-refractivity contribution in [2.24, 2.45) is 5.41 Å². The van der Waals surface area contributed by atoms with Crippen LogP contribution in [0.15, 0.2) is 0 Å². The van der Waals surface area contributed by atoms with Gasteiger partial charge in [0, 0.05) is 12.6 Å². The topological polar surface area (TPSA) is 69.6 Å². The van der Waals surface area contributed by atoms with Gasteiger partial charge in [0.2, 0.25) is 0 Å². The van der Waals surface area contributed by atoms with E-state index in [-0.39, 0.29) is 12.1 Å². The average molecular weight is 270 g/mol. The van der Waals surface area contributed by atoms with Gasteiger partial charge in [0.1, 0.15) is 0 Å². The highest BCUT2D eigenvalue weighted by atomic mass is 16.4. The Labute approximate surface area is 115 Å². The molecule has 0 aromatic carbocycles. The standard InChI is InChI=1S/C14H26N2O3/c1-6-10-8-7-9-16(10)12(19)15-14(4,5)13(2,3)11(17)18/h10H,6-9H2,1-5H3,(H,15,19)(H,17,18). The normalized spacial score (nSPS) is 20.5. The van der Waals surface area contributed by atoms with Crippen molar-refractivity contribution < 1.29 is 14.7 Å². The van der Waals surface area contributed by atoms with Crippen LogP contribution < -0.4 is 5.32 Å². The Bertz CT molecular complexity index is 364. The molecule has 0 aromatic rings. The number of urea groups is 1. The van der Waals surface area contributed by atoms with Gasteiger partial charge in [0.25, 0.3) is 0 Å². The first-order chi connectivity index (χ1) is 8.63. The molecule has 0 spiro atoms. The predicted octanol–water partition coefficient (Wildman–Crippen LogP) is 2.46. The highest BCUT2D eigenvalue weighted by Crippen LogP contribution is 2.31. The Morgan fingerprint density at radius 2 is 1.89 bits per heavy atom. The third kappa shape index (κ3) is 3.01. The fourth-order valence-corrected chi connectivity index (χ4v) is 2.29. The maximum Gasteiger partial charge on any atom is 0.318 e. The minimum atomic E-state index is -1.02. The minimum Gasteiger partial charge on any atom is -0.481 e. The summed E-state index contributed by atoms with van der Waals surface area (Å²) >= 11 is 0. The van der Waals surface area contributed by atoms with Gasteiger partial charge in [-0.25, -0.2) is 4.79 Å².